The first kappa shape index (κ1) is 18.3. The van der Waals surface area contributed by atoms with Crippen molar-refractivity contribution in [2.75, 3.05) is 0 Å². The molecule has 136 valence electrons. The minimum absolute atomic E-state index is 0.0599. The SMILES string of the molecule is CCC(C)NC(=O)c1sc2ncn(Cc3cccc(F)c3)c(=O)c2c1C. The summed E-state index contributed by atoms with van der Waals surface area (Å²) in [6, 6.07) is 6.17. The highest BCUT2D eigenvalue weighted by molar-refractivity contribution is 7.20. The zero-order chi connectivity index (χ0) is 18.8. The fraction of sp³-hybridized carbons (Fsp3) is 0.316. The summed E-state index contributed by atoms with van der Waals surface area (Å²) in [7, 11) is 0. The molecule has 0 aliphatic carbocycles. The molecule has 1 aromatic carbocycles. The van der Waals surface area contributed by atoms with E-state index in [2.05, 4.69) is 10.3 Å². The van der Waals surface area contributed by atoms with Crippen molar-refractivity contribution in [3.8, 4) is 0 Å². The molecule has 1 amide bonds. The van der Waals surface area contributed by atoms with Crippen molar-refractivity contribution in [3.63, 3.8) is 0 Å². The average molecular weight is 373 g/mol. The summed E-state index contributed by atoms with van der Waals surface area (Å²) in [4.78, 5) is 30.7. The molecule has 26 heavy (non-hydrogen) atoms. The Labute approximate surface area is 154 Å². The van der Waals surface area contributed by atoms with E-state index < -0.39 is 0 Å². The molecule has 0 aliphatic heterocycles. The molecular formula is C19H20FN3O2S. The van der Waals surface area contributed by atoms with E-state index in [-0.39, 0.29) is 29.9 Å². The molecule has 2 heterocycles. The third-order valence-electron chi connectivity index (χ3n) is 4.36. The Balaban J connectivity index is 2.00. The van der Waals surface area contributed by atoms with Crippen LogP contribution in [0.15, 0.2) is 35.4 Å². The zero-order valence-corrected chi connectivity index (χ0v) is 15.7. The van der Waals surface area contributed by atoms with E-state index in [4.69, 9.17) is 0 Å². The Bertz CT molecular complexity index is 1030. The first-order valence-electron chi connectivity index (χ1n) is 8.44. The van der Waals surface area contributed by atoms with Crippen molar-refractivity contribution in [3.05, 3.63) is 62.8 Å². The Hall–Kier alpha value is -2.54. The van der Waals surface area contributed by atoms with Gasteiger partial charge in [0.2, 0.25) is 0 Å². The second-order valence-corrected chi connectivity index (χ2v) is 7.33. The number of nitrogens with zero attached hydrogens (tertiary/aromatic N) is 2. The highest BCUT2D eigenvalue weighted by Crippen LogP contribution is 2.27. The number of carbonyl (C=O) groups is 1. The molecule has 0 bridgehead atoms. The van der Waals surface area contributed by atoms with Crippen LogP contribution in [0.3, 0.4) is 0 Å². The number of halogens is 1. The lowest BCUT2D eigenvalue weighted by atomic mass is 10.2. The summed E-state index contributed by atoms with van der Waals surface area (Å²) >= 11 is 1.22. The van der Waals surface area contributed by atoms with E-state index in [1.165, 1.54) is 34.4 Å². The summed E-state index contributed by atoms with van der Waals surface area (Å²) in [5.41, 5.74) is 1.09. The van der Waals surface area contributed by atoms with Crippen LogP contribution in [0.4, 0.5) is 4.39 Å². The van der Waals surface area contributed by atoms with Crippen LogP contribution >= 0.6 is 11.3 Å². The van der Waals surface area contributed by atoms with Gasteiger partial charge in [-0.15, -0.1) is 11.3 Å². The normalized spacial score (nSPS) is 12.3. The van der Waals surface area contributed by atoms with Gasteiger partial charge in [-0.05, 0) is 43.5 Å². The molecule has 1 unspecified atom stereocenters. The predicted molar refractivity (Wildman–Crippen MR) is 101 cm³/mol. The van der Waals surface area contributed by atoms with Crippen LogP contribution in [0.25, 0.3) is 10.2 Å². The van der Waals surface area contributed by atoms with Gasteiger partial charge in [0.05, 0.1) is 23.1 Å². The van der Waals surface area contributed by atoms with E-state index in [9.17, 15) is 14.0 Å². The minimum atomic E-state index is -0.347. The zero-order valence-electron chi connectivity index (χ0n) is 14.9. The van der Waals surface area contributed by atoms with Crippen molar-refractivity contribution in [1.29, 1.82) is 0 Å². The number of rotatable bonds is 5. The molecule has 2 aromatic heterocycles. The van der Waals surface area contributed by atoms with E-state index in [0.29, 0.717) is 26.2 Å². The predicted octanol–water partition coefficient (Wildman–Crippen LogP) is 3.48. The van der Waals surface area contributed by atoms with Gasteiger partial charge in [-0.25, -0.2) is 9.37 Å². The number of amides is 1. The smallest absolute Gasteiger partial charge is 0.262 e. The van der Waals surface area contributed by atoms with Crippen molar-refractivity contribution in [2.45, 2.75) is 39.8 Å². The second-order valence-electron chi connectivity index (χ2n) is 6.33. The molecule has 1 atom stereocenters. The number of aryl methyl sites for hydroxylation is 1. The Kier molecular flexibility index (Phi) is 5.18. The number of thiophene rings is 1. The molecule has 1 N–H and O–H groups in total. The van der Waals surface area contributed by atoms with Gasteiger partial charge in [-0.3, -0.25) is 14.2 Å². The van der Waals surface area contributed by atoms with E-state index in [1.54, 1.807) is 19.1 Å². The number of hydrogen-bond donors (Lipinski definition) is 1. The highest BCUT2D eigenvalue weighted by atomic mass is 32.1. The van der Waals surface area contributed by atoms with Crippen molar-refractivity contribution >= 4 is 27.5 Å². The standard InChI is InChI=1S/C19H20FN3O2S/c1-4-11(2)22-17(24)16-12(3)15-18(26-16)21-10-23(19(15)25)9-13-6-5-7-14(20)8-13/h5-8,10-11H,4,9H2,1-3H3,(H,22,24). The van der Waals surface area contributed by atoms with Gasteiger partial charge in [0.1, 0.15) is 10.6 Å². The second kappa shape index (κ2) is 7.37. The molecule has 0 saturated carbocycles. The number of hydrogen-bond acceptors (Lipinski definition) is 4. The van der Waals surface area contributed by atoms with Crippen LogP contribution < -0.4 is 10.9 Å². The quantitative estimate of drug-likeness (QED) is 0.745. The van der Waals surface area contributed by atoms with Gasteiger partial charge < -0.3 is 5.32 Å². The first-order chi connectivity index (χ1) is 12.4. The number of carbonyl (C=O) groups excluding carboxylic acids is 1. The van der Waals surface area contributed by atoms with Gasteiger partial charge in [0, 0.05) is 6.04 Å². The number of aromatic nitrogens is 2. The third kappa shape index (κ3) is 3.53. The van der Waals surface area contributed by atoms with Crippen LogP contribution in [0, 0.1) is 12.7 Å². The Morgan fingerprint density at radius 2 is 2.19 bits per heavy atom. The summed E-state index contributed by atoms with van der Waals surface area (Å²) in [5, 5.41) is 3.37. The number of fused-ring (bicyclic) bond motifs is 1. The molecule has 5 nitrogen and oxygen atoms in total. The number of benzene rings is 1. The van der Waals surface area contributed by atoms with Crippen LogP contribution in [0.5, 0.6) is 0 Å². The van der Waals surface area contributed by atoms with Gasteiger partial charge >= 0.3 is 0 Å². The van der Waals surface area contributed by atoms with E-state index >= 15 is 0 Å². The van der Waals surface area contributed by atoms with Crippen molar-refractivity contribution in [1.82, 2.24) is 14.9 Å². The fourth-order valence-corrected chi connectivity index (χ4v) is 3.75. The summed E-state index contributed by atoms with van der Waals surface area (Å²) in [6.45, 7) is 5.92. The molecule has 0 radical (unpaired) electrons. The summed E-state index contributed by atoms with van der Waals surface area (Å²) in [5.74, 6) is -0.531. The maximum atomic E-state index is 13.4. The molecule has 0 spiro atoms. The van der Waals surface area contributed by atoms with Crippen molar-refractivity contribution < 1.29 is 9.18 Å². The third-order valence-corrected chi connectivity index (χ3v) is 5.55. The lowest BCUT2D eigenvalue weighted by Gasteiger charge is -2.10. The molecule has 3 rings (SSSR count). The summed E-state index contributed by atoms with van der Waals surface area (Å²) in [6.07, 6.45) is 2.27. The minimum Gasteiger partial charge on any atom is -0.349 e. The van der Waals surface area contributed by atoms with Gasteiger partial charge in [-0.1, -0.05) is 19.1 Å². The van der Waals surface area contributed by atoms with Gasteiger partial charge in [0.25, 0.3) is 11.5 Å². The monoisotopic (exact) mass is 373 g/mol. The highest BCUT2D eigenvalue weighted by Gasteiger charge is 2.20. The maximum absolute atomic E-state index is 13.4. The average Bonchev–Trinajstić information content (AvgIpc) is 2.95. The lowest BCUT2D eigenvalue weighted by Crippen LogP contribution is -2.31. The Morgan fingerprint density at radius 3 is 2.88 bits per heavy atom. The fourth-order valence-electron chi connectivity index (χ4n) is 2.71. The maximum Gasteiger partial charge on any atom is 0.262 e. The van der Waals surface area contributed by atoms with Gasteiger partial charge in [0.15, 0.2) is 0 Å². The van der Waals surface area contributed by atoms with Crippen LogP contribution in [0.2, 0.25) is 0 Å². The first-order valence-corrected chi connectivity index (χ1v) is 9.26. The largest absolute Gasteiger partial charge is 0.349 e. The molecule has 3 aromatic rings. The van der Waals surface area contributed by atoms with Crippen LogP contribution in [0.1, 0.15) is 41.1 Å². The molecule has 0 aliphatic rings. The van der Waals surface area contributed by atoms with E-state index in [1.807, 2.05) is 13.8 Å². The molecule has 7 heteroatoms. The topological polar surface area (TPSA) is 64.0 Å². The van der Waals surface area contributed by atoms with Crippen molar-refractivity contribution in [2.24, 2.45) is 0 Å². The molecule has 0 fully saturated rings. The van der Waals surface area contributed by atoms with Gasteiger partial charge in [-0.2, -0.15) is 0 Å². The molecular weight excluding hydrogens is 353 g/mol. The lowest BCUT2D eigenvalue weighted by molar-refractivity contribution is 0.0943. The molecule has 0 saturated heterocycles. The Morgan fingerprint density at radius 1 is 1.42 bits per heavy atom. The van der Waals surface area contributed by atoms with E-state index in [0.717, 1.165) is 6.42 Å². The number of nitrogens with one attached hydrogen (secondary N) is 1. The van der Waals surface area contributed by atoms with Crippen LogP contribution in [-0.4, -0.2) is 21.5 Å². The summed E-state index contributed by atoms with van der Waals surface area (Å²) < 4.78 is 14.8. The van der Waals surface area contributed by atoms with Crippen LogP contribution in [-0.2, 0) is 6.54 Å².